The molecule has 0 unspecified atom stereocenters. The molecule has 0 aromatic heterocycles. The van der Waals surface area contributed by atoms with E-state index in [-0.39, 0.29) is 5.41 Å². The zero-order valence-corrected chi connectivity index (χ0v) is 8.83. The molecular formula is C12H15O2. The Bertz CT molecular complexity index is 317. The summed E-state index contributed by atoms with van der Waals surface area (Å²) in [4.78, 5) is 10.6. The third-order valence-electron chi connectivity index (χ3n) is 1.95. The zero-order chi connectivity index (χ0) is 10.8. The maximum atomic E-state index is 10.6. The van der Waals surface area contributed by atoms with Gasteiger partial charge in [-0.05, 0) is 23.1 Å². The Labute approximate surface area is 84.9 Å². The Morgan fingerprint density at radius 1 is 1.21 bits per heavy atom. The lowest BCUT2D eigenvalue weighted by Gasteiger charge is -2.18. The van der Waals surface area contributed by atoms with E-state index >= 15 is 0 Å². The number of ether oxygens (including phenoxy) is 1. The first-order chi connectivity index (χ1) is 6.39. The van der Waals surface area contributed by atoms with E-state index in [0.29, 0.717) is 5.75 Å². The highest BCUT2D eigenvalue weighted by molar-refractivity contribution is 5.76. The average molecular weight is 191 g/mol. The number of rotatable bonds is 1. The van der Waals surface area contributed by atoms with Gasteiger partial charge < -0.3 is 4.74 Å². The SMILES string of the molecule is [CH2]C(=O)Oc1ccc(C(C)(C)C)cc1. The molecule has 0 saturated heterocycles. The van der Waals surface area contributed by atoms with Crippen molar-refractivity contribution in [2.75, 3.05) is 0 Å². The van der Waals surface area contributed by atoms with Gasteiger partial charge in [0, 0.05) is 0 Å². The summed E-state index contributed by atoms with van der Waals surface area (Å²) in [6.45, 7) is 9.55. The summed E-state index contributed by atoms with van der Waals surface area (Å²) in [5, 5.41) is 0. The van der Waals surface area contributed by atoms with Crippen LogP contribution in [0.15, 0.2) is 24.3 Å². The van der Waals surface area contributed by atoms with Crippen molar-refractivity contribution in [2.45, 2.75) is 26.2 Å². The van der Waals surface area contributed by atoms with Crippen molar-refractivity contribution in [1.29, 1.82) is 0 Å². The highest BCUT2D eigenvalue weighted by atomic mass is 16.5. The average Bonchev–Trinajstić information content (AvgIpc) is 2.02. The van der Waals surface area contributed by atoms with Gasteiger partial charge in [0.15, 0.2) is 0 Å². The summed E-state index contributed by atoms with van der Waals surface area (Å²) in [5.74, 6) is 0.00603. The van der Waals surface area contributed by atoms with Gasteiger partial charge in [-0.25, -0.2) is 0 Å². The van der Waals surface area contributed by atoms with Gasteiger partial charge in [0.05, 0.1) is 6.92 Å². The van der Waals surface area contributed by atoms with Crippen LogP contribution in [0.5, 0.6) is 5.75 Å². The molecule has 14 heavy (non-hydrogen) atoms. The topological polar surface area (TPSA) is 26.3 Å². The van der Waals surface area contributed by atoms with Crippen LogP contribution in [0.3, 0.4) is 0 Å². The molecule has 0 spiro atoms. The van der Waals surface area contributed by atoms with Gasteiger partial charge in [0.25, 0.3) is 0 Å². The summed E-state index contributed by atoms with van der Waals surface area (Å²) in [6.07, 6.45) is 0. The second-order valence-corrected chi connectivity index (χ2v) is 4.25. The lowest BCUT2D eigenvalue weighted by Crippen LogP contribution is -2.10. The molecule has 0 aliphatic carbocycles. The van der Waals surface area contributed by atoms with Crippen molar-refractivity contribution in [2.24, 2.45) is 0 Å². The molecule has 0 N–H and O–H groups in total. The monoisotopic (exact) mass is 191 g/mol. The first kappa shape index (κ1) is 10.8. The van der Waals surface area contributed by atoms with Crippen LogP contribution in [-0.2, 0) is 10.2 Å². The predicted molar refractivity (Wildman–Crippen MR) is 56.1 cm³/mol. The first-order valence-electron chi connectivity index (χ1n) is 4.54. The fraction of sp³-hybridized carbons (Fsp3) is 0.333. The highest BCUT2D eigenvalue weighted by Gasteiger charge is 2.13. The van der Waals surface area contributed by atoms with Crippen LogP contribution in [0.25, 0.3) is 0 Å². The summed E-state index contributed by atoms with van der Waals surface area (Å²) in [5.41, 5.74) is 1.33. The van der Waals surface area contributed by atoms with Gasteiger partial charge in [-0.3, -0.25) is 4.79 Å². The quantitative estimate of drug-likeness (QED) is 0.504. The zero-order valence-electron chi connectivity index (χ0n) is 8.83. The van der Waals surface area contributed by atoms with E-state index in [1.54, 1.807) is 12.1 Å². The molecule has 2 nitrogen and oxygen atoms in total. The van der Waals surface area contributed by atoms with Crippen molar-refractivity contribution >= 4 is 5.97 Å². The number of benzene rings is 1. The van der Waals surface area contributed by atoms with E-state index in [4.69, 9.17) is 4.74 Å². The molecule has 0 bridgehead atoms. The van der Waals surface area contributed by atoms with Gasteiger partial charge in [0.1, 0.15) is 5.75 Å². The molecule has 0 heterocycles. The van der Waals surface area contributed by atoms with Crippen molar-refractivity contribution in [3.63, 3.8) is 0 Å². The molecule has 1 radical (unpaired) electrons. The molecule has 1 aromatic carbocycles. The maximum absolute atomic E-state index is 10.6. The van der Waals surface area contributed by atoms with Crippen molar-refractivity contribution in [1.82, 2.24) is 0 Å². The molecular weight excluding hydrogens is 176 g/mol. The van der Waals surface area contributed by atoms with Crippen LogP contribution in [0.2, 0.25) is 0 Å². The molecule has 75 valence electrons. The second kappa shape index (κ2) is 3.82. The fourth-order valence-corrected chi connectivity index (χ4v) is 1.15. The highest BCUT2D eigenvalue weighted by Crippen LogP contribution is 2.24. The van der Waals surface area contributed by atoms with E-state index in [0.717, 1.165) is 0 Å². The van der Waals surface area contributed by atoms with Crippen LogP contribution < -0.4 is 4.74 Å². The molecule has 0 amide bonds. The summed E-state index contributed by atoms with van der Waals surface area (Å²) in [6, 6.07) is 7.48. The van der Waals surface area contributed by atoms with Gasteiger partial charge >= 0.3 is 5.97 Å². The van der Waals surface area contributed by atoms with Crippen molar-refractivity contribution in [3.8, 4) is 5.75 Å². The standard InChI is InChI=1S/C12H15O2/c1-9(13)14-11-7-5-10(6-8-11)12(2,3)4/h5-8H,1H2,2-4H3. The van der Waals surface area contributed by atoms with E-state index in [9.17, 15) is 4.79 Å². The van der Waals surface area contributed by atoms with Crippen LogP contribution >= 0.6 is 0 Å². The van der Waals surface area contributed by atoms with Crippen LogP contribution in [-0.4, -0.2) is 5.97 Å². The number of hydrogen-bond donors (Lipinski definition) is 0. The fourth-order valence-electron chi connectivity index (χ4n) is 1.15. The minimum Gasteiger partial charge on any atom is -0.427 e. The minimum atomic E-state index is -0.534. The summed E-state index contributed by atoms with van der Waals surface area (Å²) >= 11 is 0. The lowest BCUT2D eigenvalue weighted by atomic mass is 9.87. The largest absolute Gasteiger partial charge is 0.427 e. The van der Waals surface area contributed by atoms with E-state index < -0.39 is 5.97 Å². The Hall–Kier alpha value is -1.31. The number of hydrogen-bond acceptors (Lipinski definition) is 2. The molecule has 0 saturated carbocycles. The van der Waals surface area contributed by atoms with Crippen LogP contribution in [0.1, 0.15) is 26.3 Å². The van der Waals surface area contributed by atoms with Gasteiger partial charge in [0.2, 0.25) is 0 Å². The summed E-state index contributed by atoms with van der Waals surface area (Å²) < 4.78 is 4.83. The van der Waals surface area contributed by atoms with Crippen LogP contribution in [0.4, 0.5) is 0 Å². The molecule has 0 atom stereocenters. The Balaban J connectivity index is 2.84. The molecule has 0 aliphatic heterocycles. The minimum absolute atomic E-state index is 0.118. The molecule has 2 heteroatoms. The van der Waals surface area contributed by atoms with Gasteiger partial charge in [-0.15, -0.1) is 0 Å². The molecule has 0 fully saturated rings. The first-order valence-corrected chi connectivity index (χ1v) is 4.54. The Morgan fingerprint density at radius 3 is 2.07 bits per heavy atom. The number of esters is 1. The third-order valence-corrected chi connectivity index (χ3v) is 1.95. The van der Waals surface area contributed by atoms with Gasteiger partial charge in [-0.1, -0.05) is 32.9 Å². The summed E-state index contributed by atoms with van der Waals surface area (Å²) in [7, 11) is 0. The number of carbonyl (C=O) groups is 1. The normalized spacial score (nSPS) is 11.1. The second-order valence-electron chi connectivity index (χ2n) is 4.25. The predicted octanol–water partition coefficient (Wildman–Crippen LogP) is 2.72. The Kier molecular flexibility index (Phi) is 2.94. The molecule has 1 rings (SSSR count). The van der Waals surface area contributed by atoms with Crippen LogP contribution in [0, 0.1) is 6.92 Å². The smallest absolute Gasteiger partial charge is 0.311 e. The van der Waals surface area contributed by atoms with E-state index in [1.807, 2.05) is 12.1 Å². The number of carbonyl (C=O) groups excluding carboxylic acids is 1. The Morgan fingerprint density at radius 2 is 1.71 bits per heavy atom. The van der Waals surface area contributed by atoms with E-state index in [2.05, 4.69) is 27.7 Å². The van der Waals surface area contributed by atoms with E-state index in [1.165, 1.54) is 5.56 Å². The lowest BCUT2D eigenvalue weighted by molar-refractivity contribution is -0.129. The molecule has 1 aromatic rings. The van der Waals surface area contributed by atoms with Crippen molar-refractivity contribution < 1.29 is 9.53 Å². The van der Waals surface area contributed by atoms with Gasteiger partial charge in [-0.2, -0.15) is 0 Å². The third kappa shape index (κ3) is 2.87. The molecule has 0 aliphatic rings. The maximum Gasteiger partial charge on any atom is 0.311 e. The van der Waals surface area contributed by atoms with Crippen molar-refractivity contribution in [3.05, 3.63) is 36.8 Å².